The number of halogens is 2. The van der Waals surface area contributed by atoms with Gasteiger partial charge in [0.25, 0.3) is 5.91 Å². The van der Waals surface area contributed by atoms with Gasteiger partial charge in [-0.25, -0.2) is 8.78 Å². The smallest absolute Gasteiger partial charge is 0.261 e. The van der Waals surface area contributed by atoms with E-state index in [1.165, 1.54) is 35.2 Å². The quantitative estimate of drug-likeness (QED) is 0.771. The molecule has 0 saturated carbocycles. The second-order valence-corrected chi connectivity index (χ2v) is 5.93. The van der Waals surface area contributed by atoms with Crippen LogP contribution in [0.2, 0.25) is 0 Å². The summed E-state index contributed by atoms with van der Waals surface area (Å²) in [7, 11) is 0. The van der Waals surface area contributed by atoms with Gasteiger partial charge in [0.2, 0.25) is 5.91 Å². The third-order valence-corrected chi connectivity index (χ3v) is 3.99. The van der Waals surface area contributed by atoms with Gasteiger partial charge >= 0.3 is 0 Å². The van der Waals surface area contributed by atoms with Crippen molar-refractivity contribution in [2.24, 2.45) is 0 Å². The monoisotopic (exact) mass is 376 g/mol. The van der Waals surface area contributed by atoms with Crippen molar-refractivity contribution in [2.75, 3.05) is 13.2 Å². The molecule has 0 heterocycles. The first-order valence-electron chi connectivity index (χ1n) is 8.61. The summed E-state index contributed by atoms with van der Waals surface area (Å²) in [6.45, 7) is 3.32. The number of benzene rings is 2. The van der Waals surface area contributed by atoms with Crippen LogP contribution in [0.15, 0.2) is 48.5 Å². The zero-order chi connectivity index (χ0) is 19.8. The van der Waals surface area contributed by atoms with Crippen LogP contribution < -0.4 is 10.1 Å². The van der Waals surface area contributed by atoms with Gasteiger partial charge in [-0.15, -0.1) is 0 Å². The number of hydrogen-bond donors (Lipinski definition) is 1. The Morgan fingerprint density at radius 3 is 2.41 bits per heavy atom. The number of nitrogens with zero attached hydrogens (tertiary/aromatic N) is 1. The van der Waals surface area contributed by atoms with E-state index in [1.807, 2.05) is 0 Å². The molecule has 2 amide bonds. The Kier molecular flexibility index (Phi) is 7.28. The molecule has 7 heteroatoms. The highest BCUT2D eigenvalue weighted by Gasteiger charge is 2.26. The van der Waals surface area contributed by atoms with Gasteiger partial charge in [0, 0.05) is 18.7 Å². The Hall–Kier alpha value is -2.96. The van der Waals surface area contributed by atoms with E-state index in [0.29, 0.717) is 17.9 Å². The number of ether oxygens (including phenoxy) is 1. The second kappa shape index (κ2) is 9.66. The number of rotatable bonds is 8. The lowest BCUT2D eigenvalue weighted by Crippen LogP contribution is -2.49. The molecule has 0 aliphatic carbocycles. The van der Waals surface area contributed by atoms with Crippen molar-refractivity contribution in [3.8, 4) is 5.75 Å². The SMILES string of the molecule is CCNC(=O)[C@H](C)N(Cc1ccccc1F)C(=O)COc1ccc(F)cc1. The van der Waals surface area contributed by atoms with Crippen molar-refractivity contribution < 1.29 is 23.1 Å². The van der Waals surface area contributed by atoms with Gasteiger partial charge in [0.1, 0.15) is 23.4 Å². The van der Waals surface area contributed by atoms with Gasteiger partial charge in [-0.05, 0) is 44.2 Å². The number of carbonyl (C=O) groups is 2. The molecule has 2 aromatic carbocycles. The average Bonchev–Trinajstić information content (AvgIpc) is 2.66. The summed E-state index contributed by atoms with van der Waals surface area (Å²) in [6.07, 6.45) is 0. The first-order chi connectivity index (χ1) is 12.9. The number of hydrogen-bond acceptors (Lipinski definition) is 3. The molecule has 1 N–H and O–H groups in total. The van der Waals surface area contributed by atoms with E-state index in [9.17, 15) is 18.4 Å². The van der Waals surface area contributed by atoms with Crippen LogP contribution in [0.1, 0.15) is 19.4 Å². The van der Waals surface area contributed by atoms with E-state index in [2.05, 4.69) is 5.32 Å². The normalized spacial score (nSPS) is 11.6. The third kappa shape index (κ3) is 5.77. The maximum atomic E-state index is 14.0. The highest BCUT2D eigenvalue weighted by molar-refractivity contribution is 5.87. The van der Waals surface area contributed by atoms with Crippen molar-refractivity contribution in [2.45, 2.75) is 26.4 Å². The molecular formula is C20H22F2N2O3. The Morgan fingerprint density at radius 1 is 1.11 bits per heavy atom. The second-order valence-electron chi connectivity index (χ2n) is 5.93. The molecule has 2 rings (SSSR count). The predicted molar refractivity (Wildman–Crippen MR) is 97.0 cm³/mol. The summed E-state index contributed by atoms with van der Waals surface area (Å²) < 4.78 is 32.3. The molecule has 1 atom stereocenters. The van der Waals surface area contributed by atoms with Gasteiger partial charge in [0.05, 0.1) is 0 Å². The van der Waals surface area contributed by atoms with Crippen LogP contribution >= 0.6 is 0 Å². The lowest BCUT2D eigenvalue weighted by atomic mass is 10.1. The summed E-state index contributed by atoms with van der Waals surface area (Å²) >= 11 is 0. The third-order valence-electron chi connectivity index (χ3n) is 3.99. The van der Waals surface area contributed by atoms with Crippen LogP contribution in [-0.2, 0) is 16.1 Å². The molecule has 0 radical (unpaired) electrons. The van der Waals surface area contributed by atoms with Crippen LogP contribution in [0.4, 0.5) is 8.78 Å². The highest BCUT2D eigenvalue weighted by atomic mass is 19.1. The molecule has 0 bridgehead atoms. The van der Waals surface area contributed by atoms with E-state index < -0.39 is 23.6 Å². The first kappa shape index (κ1) is 20.4. The molecule has 2 aromatic rings. The highest BCUT2D eigenvalue weighted by Crippen LogP contribution is 2.15. The maximum Gasteiger partial charge on any atom is 0.261 e. The topological polar surface area (TPSA) is 58.6 Å². The van der Waals surface area contributed by atoms with E-state index in [-0.39, 0.29) is 19.1 Å². The molecule has 0 saturated heterocycles. The minimum Gasteiger partial charge on any atom is -0.484 e. The molecular weight excluding hydrogens is 354 g/mol. The summed E-state index contributed by atoms with van der Waals surface area (Å²) in [5, 5.41) is 2.65. The van der Waals surface area contributed by atoms with Crippen molar-refractivity contribution in [1.29, 1.82) is 0 Å². The van der Waals surface area contributed by atoms with Crippen molar-refractivity contribution >= 4 is 11.8 Å². The number of nitrogens with one attached hydrogen (secondary N) is 1. The van der Waals surface area contributed by atoms with Crippen molar-refractivity contribution in [3.63, 3.8) is 0 Å². The van der Waals surface area contributed by atoms with Gasteiger partial charge in [0.15, 0.2) is 6.61 Å². The van der Waals surface area contributed by atoms with E-state index in [0.717, 1.165) is 0 Å². The standard InChI is InChI=1S/C20H22F2N2O3/c1-3-23-20(26)14(2)24(12-15-6-4-5-7-18(15)22)19(25)13-27-17-10-8-16(21)9-11-17/h4-11,14H,3,12-13H2,1-2H3,(H,23,26)/t14-/m0/s1. The van der Waals surface area contributed by atoms with Crippen LogP contribution in [0, 0.1) is 11.6 Å². The zero-order valence-corrected chi connectivity index (χ0v) is 15.2. The van der Waals surface area contributed by atoms with Crippen molar-refractivity contribution in [1.82, 2.24) is 10.2 Å². The number of carbonyl (C=O) groups excluding carboxylic acids is 2. The molecule has 5 nitrogen and oxygen atoms in total. The van der Waals surface area contributed by atoms with Gasteiger partial charge in [-0.3, -0.25) is 9.59 Å². The molecule has 0 unspecified atom stereocenters. The van der Waals surface area contributed by atoms with Crippen LogP contribution in [0.3, 0.4) is 0 Å². The predicted octanol–water partition coefficient (Wildman–Crippen LogP) is 2.90. The first-order valence-corrected chi connectivity index (χ1v) is 8.61. The Labute approximate surface area is 156 Å². The minimum atomic E-state index is -0.811. The fraction of sp³-hybridized carbons (Fsp3) is 0.300. The lowest BCUT2D eigenvalue weighted by Gasteiger charge is -2.28. The fourth-order valence-electron chi connectivity index (χ4n) is 2.47. The van der Waals surface area contributed by atoms with Gasteiger partial charge in [-0.1, -0.05) is 18.2 Å². The molecule has 0 fully saturated rings. The summed E-state index contributed by atoms with van der Waals surface area (Å²) in [5.41, 5.74) is 0.295. The van der Waals surface area contributed by atoms with Crippen LogP contribution in [0.5, 0.6) is 5.75 Å². The largest absolute Gasteiger partial charge is 0.484 e. The minimum absolute atomic E-state index is 0.0728. The Morgan fingerprint density at radius 2 is 1.78 bits per heavy atom. The average molecular weight is 376 g/mol. The van der Waals surface area contributed by atoms with E-state index in [4.69, 9.17) is 4.74 Å². The zero-order valence-electron chi connectivity index (χ0n) is 15.2. The molecule has 0 aromatic heterocycles. The number of likely N-dealkylation sites (N-methyl/N-ethyl adjacent to an activating group) is 1. The molecule has 0 spiro atoms. The molecule has 0 aliphatic rings. The number of amides is 2. The van der Waals surface area contributed by atoms with E-state index in [1.54, 1.807) is 32.0 Å². The summed E-state index contributed by atoms with van der Waals surface area (Å²) in [4.78, 5) is 26.1. The maximum absolute atomic E-state index is 14.0. The van der Waals surface area contributed by atoms with Gasteiger partial charge in [-0.2, -0.15) is 0 Å². The van der Waals surface area contributed by atoms with Crippen molar-refractivity contribution in [3.05, 3.63) is 65.7 Å². The molecule has 144 valence electrons. The lowest BCUT2D eigenvalue weighted by molar-refractivity contribution is -0.142. The molecule has 27 heavy (non-hydrogen) atoms. The molecule has 0 aliphatic heterocycles. The van der Waals surface area contributed by atoms with Crippen LogP contribution in [0.25, 0.3) is 0 Å². The van der Waals surface area contributed by atoms with Crippen LogP contribution in [-0.4, -0.2) is 35.9 Å². The Balaban J connectivity index is 2.14. The van der Waals surface area contributed by atoms with E-state index >= 15 is 0 Å². The fourth-order valence-corrected chi connectivity index (χ4v) is 2.47. The Bertz CT molecular complexity index is 781. The van der Waals surface area contributed by atoms with Gasteiger partial charge < -0.3 is 15.0 Å². The summed E-state index contributed by atoms with van der Waals surface area (Å²) in [5.74, 6) is -1.39. The summed E-state index contributed by atoms with van der Waals surface area (Å²) in [6, 6.07) is 10.5.